The Morgan fingerprint density at radius 3 is 1.16 bits per heavy atom. The normalized spacial score (nSPS) is 18.6. The van der Waals surface area contributed by atoms with Crippen LogP contribution >= 0.6 is 0 Å². The Kier molecular flexibility index (Phi) is 40.2. The fraction of sp³-hybridized carbons (Fsp3) is 0.971. The van der Waals surface area contributed by atoms with E-state index in [0.29, 0.717) is 52.2 Å². The van der Waals surface area contributed by atoms with Crippen LogP contribution in [0.4, 0.5) is 4.79 Å². The molecule has 2 rings (SSSR count). The summed E-state index contributed by atoms with van der Waals surface area (Å²) in [6, 6.07) is 0. The number of aliphatic hydroxyl groups is 2. The molecule has 2 fully saturated rings. The van der Waals surface area contributed by atoms with Crippen molar-refractivity contribution in [2.24, 2.45) is 73.4 Å². The van der Waals surface area contributed by atoms with Crippen LogP contribution in [-0.2, 0) is 24.1 Å². The highest BCUT2D eigenvalue weighted by Gasteiger charge is 2.40. The van der Waals surface area contributed by atoms with Crippen LogP contribution in [0.2, 0.25) is 0 Å². The zero-order chi connectivity index (χ0) is 64.3. The summed E-state index contributed by atoms with van der Waals surface area (Å²) in [6.45, 7) is 74.7. The Bertz CT molecular complexity index is 1680. The first-order valence-corrected chi connectivity index (χ1v) is 33.8. The number of morpholine rings is 1. The van der Waals surface area contributed by atoms with Gasteiger partial charge in [-0.05, 0) is 121 Å². The summed E-state index contributed by atoms with van der Waals surface area (Å²) in [7, 11) is -2.79. The lowest BCUT2D eigenvalue weighted by molar-refractivity contribution is -0.128. The number of sulfone groups is 1. The van der Waals surface area contributed by atoms with Crippen LogP contribution in [0.1, 0.15) is 272 Å². The van der Waals surface area contributed by atoms with Crippen LogP contribution in [0.3, 0.4) is 0 Å². The Morgan fingerprint density at radius 1 is 0.575 bits per heavy atom. The smallest absolute Gasteiger partial charge is 0.410 e. The topological polar surface area (TPSA) is 146 Å². The molecule has 2 aliphatic heterocycles. The van der Waals surface area contributed by atoms with E-state index in [9.17, 15) is 28.2 Å². The summed E-state index contributed by atoms with van der Waals surface area (Å²) >= 11 is 0. The SMILES string of the molecule is CC[C@@H](C(=O)NCC(C)(C)C)C(C)(C)C.CC[C@@H](CC(C)O)C(C)(C)C.CC[C@@H](CC(C)O)C(C)(C)C.CC[C@@H](CCS(C)(=O)=O)C(C)(C)C.CC[C@@H](CN1CC(C)(C)OC1=O)C(C)(C)C.CC[C@@H](CN1CCOCC1)C(C)(C)C. The minimum atomic E-state index is -2.79. The maximum Gasteiger partial charge on any atom is 0.410 e. The van der Waals surface area contributed by atoms with Gasteiger partial charge in [0.1, 0.15) is 15.4 Å². The largest absolute Gasteiger partial charge is 0.441 e. The van der Waals surface area contributed by atoms with E-state index in [0.717, 1.165) is 96.7 Å². The second-order valence-electron chi connectivity index (χ2n) is 32.5. The first-order valence-electron chi connectivity index (χ1n) is 31.8. The average Bonchev–Trinajstić information content (AvgIpc) is 3.53. The highest BCUT2D eigenvalue weighted by molar-refractivity contribution is 7.90. The van der Waals surface area contributed by atoms with Crippen molar-refractivity contribution in [1.82, 2.24) is 15.1 Å². The molecule has 0 aromatic heterocycles. The van der Waals surface area contributed by atoms with Crippen LogP contribution in [0.25, 0.3) is 0 Å². The summed E-state index contributed by atoms with van der Waals surface area (Å²) in [4.78, 5) is 28.0. The van der Waals surface area contributed by atoms with Gasteiger partial charge in [0.25, 0.3) is 0 Å². The van der Waals surface area contributed by atoms with Gasteiger partial charge < -0.3 is 29.9 Å². The van der Waals surface area contributed by atoms with Crippen LogP contribution in [-0.4, -0.2) is 123 Å². The van der Waals surface area contributed by atoms with E-state index in [-0.39, 0.29) is 57.4 Å². The lowest BCUT2D eigenvalue weighted by atomic mass is 9.76. The van der Waals surface area contributed by atoms with E-state index in [1.807, 2.05) is 32.6 Å². The van der Waals surface area contributed by atoms with Gasteiger partial charge in [-0.1, -0.05) is 219 Å². The third kappa shape index (κ3) is 43.2. The number of nitrogens with zero attached hydrogens (tertiary/aromatic N) is 2. The summed E-state index contributed by atoms with van der Waals surface area (Å²) in [5.74, 6) is 3.74. The molecule has 0 aliphatic carbocycles. The van der Waals surface area contributed by atoms with Crippen LogP contribution in [0.15, 0.2) is 0 Å². The third-order valence-electron chi connectivity index (χ3n) is 16.5. The van der Waals surface area contributed by atoms with Gasteiger partial charge in [0.05, 0.1) is 37.7 Å². The van der Waals surface area contributed by atoms with Gasteiger partial charge in [0.15, 0.2) is 0 Å². The van der Waals surface area contributed by atoms with Crippen LogP contribution < -0.4 is 5.32 Å². The van der Waals surface area contributed by atoms with E-state index in [1.165, 1.54) is 19.2 Å². The van der Waals surface area contributed by atoms with Gasteiger partial charge in [0.2, 0.25) is 5.91 Å². The number of hydrogen-bond donors (Lipinski definition) is 3. The van der Waals surface area contributed by atoms with Crippen molar-refractivity contribution >= 4 is 21.8 Å². The predicted octanol–water partition coefficient (Wildman–Crippen LogP) is 17.1. The van der Waals surface area contributed by atoms with Crippen molar-refractivity contribution in [2.75, 3.05) is 64.5 Å². The molecule has 484 valence electrons. The third-order valence-corrected chi connectivity index (χ3v) is 17.4. The fourth-order valence-corrected chi connectivity index (χ4v) is 11.5. The fourth-order valence-electron chi connectivity index (χ4n) is 10.7. The highest BCUT2D eigenvalue weighted by Crippen LogP contribution is 2.36. The zero-order valence-electron chi connectivity index (χ0n) is 59.5. The van der Waals surface area contributed by atoms with Crippen molar-refractivity contribution in [3.05, 3.63) is 0 Å². The van der Waals surface area contributed by atoms with E-state index in [2.05, 4.69) is 197 Å². The summed E-state index contributed by atoms with van der Waals surface area (Å²) in [6.07, 6.45) is 10.1. The lowest BCUT2D eigenvalue weighted by Crippen LogP contribution is -2.41. The Labute approximate surface area is 500 Å². The summed E-state index contributed by atoms with van der Waals surface area (Å²) < 4.78 is 32.6. The van der Waals surface area contributed by atoms with Gasteiger partial charge in [0, 0.05) is 44.9 Å². The summed E-state index contributed by atoms with van der Waals surface area (Å²) in [5, 5.41) is 21.5. The molecule has 2 unspecified atom stereocenters. The maximum absolute atomic E-state index is 12.0. The molecule has 2 saturated heterocycles. The van der Waals surface area contributed by atoms with Gasteiger partial charge in [-0.3, -0.25) is 9.69 Å². The molecule has 0 aromatic rings. The molecule has 11 nitrogen and oxygen atoms in total. The highest BCUT2D eigenvalue weighted by atomic mass is 32.2. The second-order valence-corrected chi connectivity index (χ2v) is 34.7. The number of cyclic esters (lactones) is 1. The molecule has 0 spiro atoms. The summed E-state index contributed by atoms with van der Waals surface area (Å²) in [5.41, 5.74) is 1.46. The number of nitrogens with one attached hydrogen (secondary N) is 1. The number of rotatable bonds is 19. The monoisotopic (exact) mass is 1160 g/mol. The van der Waals surface area contributed by atoms with Gasteiger partial charge >= 0.3 is 6.09 Å². The Morgan fingerprint density at radius 2 is 0.925 bits per heavy atom. The van der Waals surface area contributed by atoms with Gasteiger partial charge in [-0.25, -0.2) is 13.2 Å². The molecule has 0 bridgehead atoms. The van der Waals surface area contributed by atoms with Gasteiger partial charge in [-0.2, -0.15) is 0 Å². The molecule has 8 atom stereocenters. The van der Waals surface area contributed by atoms with Crippen molar-refractivity contribution in [3.63, 3.8) is 0 Å². The Balaban J connectivity index is -0.000000436. The molecular formula is C68H143N3O8S. The molecule has 0 aromatic carbocycles. The van der Waals surface area contributed by atoms with Crippen molar-refractivity contribution in [2.45, 2.75) is 290 Å². The van der Waals surface area contributed by atoms with Crippen molar-refractivity contribution < 1.29 is 37.7 Å². The molecule has 0 saturated carbocycles. The number of aliphatic hydroxyl groups excluding tert-OH is 2. The second kappa shape index (κ2) is 37.9. The maximum atomic E-state index is 12.0. The minimum Gasteiger partial charge on any atom is -0.441 e. The molecule has 3 N–H and O–H groups in total. The van der Waals surface area contributed by atoms with Gasteiger partial charge in [-0.15, -0.1) is 0 Å². The van der Waals surface area contributed by atoms with Crippen LogP contribution in [0.5, 0.6) is 0 Å². The Hall–Kier alpha value is -1.47. The first-order chi connectivity index (χ1) is 35.7. The first kappa shape index (κ1) is 85.0. The minimum absolute atomic E-state index is 0.0523. The van der Waals surface area contributed by atoms with Crippen molar-refractivity contribution in [3.8, 4) is 0 Å². The molecular weight excluding hydrogens is 1020 g/mol. The predicted molar refractivity (Wildman–Crippen MR) is 348 cm³/mol. The zero-order valence-corrected chi connectivity index (χ0v) is 60.3. The molecule has 12 heteroatoms. The number of amides is 2. The molecule has 2 amide bonds. The van der Waals surface area contributed by atoms with Crippen LogP contribution in [0, 0.1) is 73.4 Å². The number of carbonyl (C=O) groups excluding carboxylic acids is 2. The average molecular weight is 1160 g/mol. The quantitative estimate of drug-likeness (QED) is 0.115. The standard InChI is InChI=1S/C13H25NO2.C13H27NO.C12H25NO.C10H22O2S.2C10H22O/c1-7-10(12(2,3)4)8-14-9-13(5,6)16-11(14)15;1-8-10(13(5,6)7)11(15)14-9-12(2,3)4;1-5-11(12(2,3)4)10-13-6-8-14-9-7-13;1-6-9(10(2,3)4)7-8-13(5,11)12;2*1-6-9(7-8(2)11)10(3,4)5/h10H,7-9H2,1-6H3;10H,8-9H2,1-7H3,(H,14,15);11H,5-10H2,1-4H3;9H,6-8H2,1-5H3;2*8-9,11H,6-7H2,1-5H3/t2*10-;11-;9-;2*8?,9-/m000000/s1. The van der Waals surface area contributed by atoms with Crippen molar-refractivity contribution in [1.29, 1.82) is 0 Å². The lowest BCUT2D eigenvalue weighted by Gasteiger charge is -2.36. The molecule has 0 radical (unpaired) electrons. The molecule has 2 aliphatic rings. The molecule has 2 heterocycles. The van der Waals surface area contributed by atoms with E-state index in [4.69, 9.17) is 9.47 Å². The molecule has 80 heavy (non-hydrogen) atoms. The van der Waals surface area contributed by atoms with E-state index >= 15 is 0 Å². The number of hydrogen-bond acceptors (Lipinski definition) is 9. The number of ether oxygens (including phenoxy) is 2. The van der Waals surface area contributed by atoms with E-state index < -0.39 is 9.84 Å². The number of carbonyl (C=O) groups is 2. The van der Waals surface area contributed by atoms with E-state index in [1.54, 1.807) is 0 Å².